The third-order valence-corrected chi connectivity index (χ3v) is 3.64. The zero-order chi connectivity index (χ0) is 13.8. The van der Waals surface area contributed by atoms with Crippen LogP contribution < -0.4 is 4.72 Å². The minimum atomic E-state index is -4.00. The molecule has 0 spiro atoms. The molecule has 1 aromatic rings. The summed E-state index contributed by atoms with van der Waals surface area (Å²) in [5.41, 5.74) is 0.248. The Morgan fingerprint density at radius 3 is 2.61 bits per heavy atom. The van der Waals surface area contributed by atoms with Gasteiger partial charge in [-0.1, -0.05) is 19.1 Å². The molecule has 0 aliphatic carbocycles. The van der Waals surface area contributed by atoms with E-state index in [1.54, 1.807) is 11.6 Å². The highest BCUT2D eigenvalue weighted by Crippen LogP contribution is 2.13. The van der Waals surface area contributed by atoms with Crippen LogP contribution in [0.25, 0.3) is 0 Å². The Labute approximate surface area is 104 Å². The molecule has 4 nitrogen and oxygen atoms in total. The fraction of sp³-hybridized carbons (Fsp3) is 0.364. The van der Waals surface area contributed by atoms with Gasteiger partial charge in [0.2, 0.25) is 10.0 Å². The summed E-state index contributed by atoms with van der Waals surface area (Å²) in [6.45, 7) is 0.701. The normalized spacial score (nSPS) is 11.8. The van der Waals surface area contributed by atoms with Crippen LogP contribution in [0.4, 0.5) is 8.78 Å². The van der Waals surface area contributed by atoms with Crippen molar-refractivity contribution in [3.8, 4) is 0 Å². The van der Waals surface area contributed by atoms with Crippen LogP contribution in [0.15, 0.2) is 29.2 Å². The first kappa shape index (κ1) is 14.7. The first-order chi connectivity index (χ1) is 8.36. The van der Waals surface area contributed by atoms with Crippen LogP contribution in [0.2, 0.25) is 0 Å². The molecule has 0 radical (unpaired) electrons. The maximum absolute atomic E-state index is 12.0. The summed E-state index contributed by atoms with van der Waals surface area (Å²) in [6, 6.07) is 5.32. The Hall–Kier alpha value is -1.34. The number of rotatable bonds is 6. The molecule has 0 aliphatic rings. The molecule has 0 fully saturated rings. The second-order valence-corrected chi connectivity index (χ2v) is 5.31. The Morgan fingerprint density at radius 2 is 2.06 bits per heavy atom. The summed E-state index contributed by atoms with van der Waals surface area (Å²) < 4.78 is 49.0. The van der Waals surface area contributed by atoms with E-state index in [1.165, 1.54) is 24.3 Å². The Kier molecular flexibility index (Phi) is 4.92. The van der Waals surface area contributed by atoms with Crippen molar-refractivity contribution in [1.82, 2.24) is 4.72 Å². The molecule has 7 heteroatoms. The van der Waals surface area contributed by atoms with Gasteiger partial charge in [-0.05, 0) is 12.1 Å². The van der Waals surface area contributed by atoms with Gasteiger partial charge in [0.25, 0.3) is 6.43 Å². The summed E-state index contributed by atoms with van der Waals surface area (Å²) in [6.07, 6.45) is -2.52. The number of hydrogen-bond donors (Lipinski definition) is 1. The summed E-state index contributed by atoms with van der Waals surface area (Å²) in [5.74, 6) is -0.207. The number of sulfonamides is 1. The molecule has 1 rings (SSSR count). The van der Waals surface area contributed by atoms with Crippen molar-refractivity contribution in [2.45, 2.75) is 24.7 Å². The fourth-order valence-electron chi connectivity index (χ4n) is 1.30. The van der Waals surface area contributed by atoms with Gasteiger partial charge in [0.1, 0.15) is 0 Å². The molecule has 0 aromatic heterocycles. The Morgan fingerprint density at radius 1 is 1.39 bits per heavy atom. The molecule has 0 amide bonds. The summed E-state index contributed by atoms with van der Waals surface area (Å²) in [7, 11) is -4.00. The molecular weight excluding hydrogens is 264 g/mol. The van der Waals surface area contributed by atoms with Crippen LogP contribution in [0.3, 0.4) is 0 Å². The molecule has 1 aromatic carbocycles. The quantitative estimate of drug-likeness (QED) is 0.807. The number of hydrogen-bond acceptors (Lipinski definition) is 3. The topological polar surface area (TPSA) is 63.2 Å². The molecular formula is C11H13F2NO3S. The van der Waals surface area contributed by atoms with Gasteiger partial charge < -0.3 is 0 Å². The molecule has 100 valence electrons. The van der Waals surface area contributed by atoms with Gasteiger partial charge in [0.05, 0.1) is 11.4 Å². The number of carbonyl (C=O) groups is 1. The van der Waals surface area contributed by atoms with Crippen molar-refractivity contribution in [3.63, 3.8) is 0 Å². The zero-order valence-corrected chi connectivity index (χ0v) is 10.5. The van der Waals surface area contributed by atoms with Crippen LogP contribution in [0, 0.1) is 0 Å². The Bertz CT molecular complexity index is 529. The highest BCUT2D eigenvalue weighted by Gasteiger charge is 2.17. The standard InChI is InChI=1S/C11H13F2NO3S/c1-2-10(15)8-4-3-5-9(6-8)18(16,17)14-7-11(12)13/h3-6,11,14H,2,7H2,1H3. The van der Waals surface area contributed by atoms with Crippen molar-refractivity contribution in [2.75, 3.05) is 6.54 Å². The lowest BCUT2D eigenvalue weighted by Crippen LogP contribution is -2.28. The molecule has 0 atom stereocenters. The zero-order valence-electron chi connectivity index (χ0n) is 9.69. The van der Waals surface area contributed by atoms with E-state index < -0.39 is 23.0 Å². The minimum Gasteiger partial charge on any atom is -0.294 e. The molecule has 18 heavy (non-hydrogen) atoms. The lowest BCUT2D eigenvalue weighted by Gasteiger charge is -2.07. The maximum atomic E-state index is 12.0. The second-order valence-electron chi connectivity index (χ2n) is 3.55. The highest BCUT2D eigenvalue weighted by atomic mass is 32.2. The number of alkyl halides is 2. The van der Waals surface area contributed by atoms with Crippen LogP contribution >= 0.6 is 0 Å². The van der Waals surface area contributed by atoms with Crippen LogP contribution in [0.5, 0.6) is 0 Å². The number of halogens is 2. The number of Topliss-reactive ketones (excluding diaryl/α,β-unsaturated/α-hetero) is 1. The van der Waals surface area contributed by atoms with E-state index in [0.717, 1.165) is 0 Å². The summed E-state index contributed by atoms with van der Waals surface area (Å²) in [4.78, 5) is 11.2. The number of ketones is 1. The molecule has 0 unspecified atom stereocenters. The highest BCUT2D eigenvalue weighted by molar-refractivity contribution is 7.89. The van der Waals surface area contributed by atoms with Crippen LogP contribution in [-0.2, 0) is 10.0 Å². The fourth-order valence-corrected chi connectivity index (χ4v) is 2.35. The van der Waals surface area contributed by atoms with E-state index in [4.69, 9.17) is 0 Å². The lowest BCUT2D eigenvalue weighted by molar-refractivity contribution is 0.0988. The van der Waals surface area contributed by atoms with Crippen molar-refractivity contribution >= 4 is 15.8 Å². The van der Waals surface area contributed by atoms with E-state index in [9.17, 15) is 22.0 Å². The van der Waals surface area contributed by atoms with Gasteiger partial charge in [-0.3, -0.25) is 4.79 Å². The van der Waals surface area contributed by atoms with Gasteiger partial charge in [-0.2, -0.15) is 0 Å². The number of carbonyl (C=O) groups excluding carboxylic acids is 1. The first-order valence-electron chi connectivity index (χ1n) is 5.28. The largest absolute Gasteiger partial charge is 0.294 e. The monoisotopic (exact) mass is 277 g/mol. The van der Waals surface area contributed by atoms with E-state index >= 15 is 0 Å². The van der Waals surface area contributed by atoms with Crippen molar-refractivity contribution in [2.24, 2.45) is 0 Å². The third kappa shape index (κ3) is 3.85. The molecule has 0 aliphatic heterocycles. The average molecular weight is 277 g/mol. The van der Waals surface area contributed by atoms with Gasteiger partial charge in [-0.25, -0.2) is 21.9 Å². The smallest absolute Gasteiger partial charge is 0.251 e. The van der Waals surface area contributed by atoms with Gasteiger partial charge in [-0.15, -0.1) is 0 Å². The number of nitrogens with one attached hydrogen (secondary N) is 1. The van der Waals surface area contributed by atoms with E-state index in [0.29, 0.717) is 0 Å². The first-order valence-corrected chi connectivity index (χ1v) is 6.76. The van der Waals surface area contributed by atoms with Crippen molar-refractivity contribution in [1.29, 1.82) is 0 Å². The van der Waals surface area contributed by atoms with Crippen LogP contribution in [0.1, 0.15) is 23.7 Å². The van der Waals surface area contributed by atoms with E-state index in [2.05, 4.69) is 0 Å². The summed E-state index contributed by atoms with van der Waals surface area (Å²) >= 11 is 0. The van der Waals surface area contributed by atoms with Crippen molar-refractivity contribution in [3.05, 3.63) is 29.8 Å². The molecule has 1 N–H and O–H groups in total. The predicted molar refractivity (Wildman–Crippen MR) is 62.3 cm³/mol. The molecule has 0 saturated heterocycles. The third-order valence-electron chi connectivity index (χ3n) is 2.22. The second kappa shape index (κ2) is 6.01. The molecule has 0 saturated carbocycles. The van der Waals surface area contributed by atoms with Crippen LogP contribution in [-0.4, -0.2) is 27.2 Å². The van der Waals surface area contributed by atoms with E-state index in [-0.39, 0.29) is 22.7 Å². The Balaban J connectivity index is 2.99. The predicted octanol–water partition coefficient (Wildman–Crippen LogP) is 1.82. The number of benzene rings is 1. The van der Waals surface area contributed by atoms with Gasteiger partial charge >= 0.3 is 0 Å². The van der Waals surface area contributed by atoms with Gasteiger partial charge in [0, 0.05) is 12.0 Å². The molecule has 0 heterocycles. The average Bonchev–Trinajstić information content (AvgIpc) is 2.35. The molecule has 0 bridgehead atoms. The van der Waals surface area contributed by atoms with Crippen molar-refractivity contribution < 1.29 is 22.0 Å². The van der Waals surface area contributed by atoms with Gasteiger partial charge in [0.15, 0.2) is 5.78 Å². The van der Waals surface area contributed by atoms with E-state index in [1.807, 2.05) is 0 Å². The SMILES string of the molecule is CCC(=O)c1cccc(S(=O)(=O)NCC(F)F)c1. The maximum Gasteiger partial charge on any atom is 0.251 e. The lowest BCUT2D eigenvalue weighted by atomic mass is 10.1. The minimum absolute atomic E-state index is 0.192. The summed E-state index contributed by atoms with van der Waals surface area (Å²) in [5, 5.41) is 0.